The molecule has 3 N–H and O–H groups in total. The number of hydrogen-bond acceptors (Lipinski definition) is 3. The van der Waals surface area contributed by atoms with Gasteiger partial charge >= 0.3 is 5.97 Å². The first-order chi connectivity index (χ1) is 7.60. The maximum Gasteiger partial charge on any atom is 0.307 e. The van der Waals surface area contributed by atoms with Crippen molar-refractivity contribution >= 4 is 11.9 Å². The molecule has 1 saturated carbocycles. The summed E-state index contributed by atoms with van der Waals surface area (Å²) in [5, 5.41) is 20.6. The molecular formula is C11H19NO4. The predicted octanol–water partition coefficient (Wildman–Crippen LogP) is 0.374. The van der Waals surface area contributed by atoms with E-state index < -0.39 is 17.8 Å². The second-order valence-corrected chi connectivity index (χ2v) is 4.28. The molecule has 0 saturated heterocycles. The normalized spacial score (nSPS) is 26.4. The average Bonchev–Trinajstić information content (AvgIpc) is 2.74. The molecule has 0 unspecified atom stereocenters. The number of amides is 1. The number of carboxylic acids is 1. The summed E-state index contributed by atoms with van der Waals surface area (Å²) in [4.78, 5) is 22.7. The van der Waals surface area contributed by atoms with Crippen molar-refractivity contribution in [3.63, 3.8) is 0 Å². The van der Waals surface area contributed by atoms with E-state index in [1.807, 2.05) is 6.92 Å². The lowest BCUT2D eigenvalue weighted by atomic mass is 9.95. The Morgan fingerprint density at radius 1 is 1.38 bits per heavy atom. The lowest BCUT2D eigenvalue weighted by Crippen LogP contribution is -2.42. The number of aliphatic hydroxyl groups excluding tert-OH is 1. The fourth-order valence-corrected chi connectivity index (χ4v) is 2.15. The van der Waals surface area contributed by atoms with Crippen molar-refractivity contribution in [1.29, 1.82) is 0 Å². The highest BCUT2D eigenvalue weighted by Gasteiger charge is 2.38. The number of hydrogen-bond donors (Lipinski definition) is 3. The van der Waals surface area contributed by atoms with Crippen molar-refractivity contribution in [2.24, 2.45) is 11.8 Å². The standard InChI is InChI=1S/C11H19NO4/c1-2-7(6-13)12-10(14)8-4-3-5-9(8)11(15)16/h7-9,13H,2-6H2,1H3,(H,12,14)(H,15,16)/t7-,8-,9+/m1/s1. The van der Waals surface area contributed by atoms with E-state index in [4.69, 9.17) is 10.2 Å². The van der Waals surface area contributed by atoms with Crippen molar-refractivity contribution in [2.75, 3.05) is 6.61 Å². The molecule has 16 heavy (non-hydrogen) atoms. The van der Waals surface area contributed by atoms with Crippen LogP contribution in [0.25, 0.3) is 0 Å². The number of carboxylic acid groups (broad SMARTS) is 1. The van der Waals surface area contributed by atoms with Gasteiger partial charge in [-0.15, -0.1) is 0 Å². The molecule has 5 nitrogen and oxygen atoms in total. The van der Waals surface area contributed by atoms with Crippen LogP contribution in [0.3, 0.4) is 0 Å². The van der Waals surface area contributed by atoms with E-state index in [0.717, 1.165) is 6.42 Å². The van der Waals surface area contributed by atoms with Crippen LogP contribution in [0.2, 0.25) is 0 Å². The Morgan fingerprint density at radius 3 is 2.50 bits per heavy atom. The molecule has 0 heterocycles. The zero-order valence-corrected chi connectivity index (χ0v) is 9.48. The van der Waals surface area contributed by atoms with Gasteiger partial charge in [-0.1, -0.05) is 13.3 Å². The number of carbonyl (C=O) groups excluding carboxylic acids is 1. The molecule has 0 aromatic heterocycles. The van der Waals surface area contributed by atoms with E-state index in [9.17, 15) is 9.59 Å². The molecule has 1 aliphatic carbocycles. The van der Waals surface area contributed by atoms with Crippen molar-refractivity contribution in [3.05, 3.63) is 0 Å². The number of carbonyl (C=O) groups is 2. The second-order valence-electron chi connectivity index (χ2n) is 4.28. The van der Waals surface area contributed by atoms with Gasteiger partial charge in [-0.05, 0) is 19.3 Å². The van der Waals surface area contributed by atoms with Gasteiger partial charge in [0.1, 0.15) is 0 Å². The summed E-state index contributed by atoms with van der Waals surface area (Å²) in [6.45, 7) is 1.76. The van der Waals surface area contributed by atoms with E-state index in [-0.39, 0.29) is 18.6 Å². The van der Waals surface area contributed by atoms with Gasteiger partial charge in [0.25, 0.3) is 0 Å². The highest BCUT2D eigenvalue weighted by atomic mass is 16.4. The maximum absolute atomic E-state index is 11.8. The molecule has 0 spiro atoms. The molecular weight excluding hydrogens is 210 g/mol. The number of aliphatic hydroxyl groups is 1. The molecule has 0 aromatic carbocycles. The molecule has 92 valence electrons. The Morgan fingerprint density at radius 2 is 2.00 bits per heavy atom. The first-order valence-corrected chi connectivity index (χ1v) is 5.74. The van der Waals surface area contributed by atoms with Gasteiger partial charge in [-0.2, -0.15) is 0 Å². The summed E-state index contributed by atoms with van der Waals surface area (Å²) >= 11 is 0. The minimum absolute atomic E-state index is 0.104. The van der Waals surface area contributed by atoms with Gasteiger partial charge in [0.05, 0.1) is 24.5 Å². The molecule has 0 radical (unpaired) electrons. The van der Waals surface area contributed by atoms with Crippen molar-refractivity contribution in [1.82, 2.24) is 5.32 Å². The van der Waals surface area contributed by atoms with Crippen LogP contribution in [-0.4, -0.2) is 34.7 Å². The molecule has 1 rings (SSSR count). The third kappa shape index (κ3) is 2.95. The average molecular weight is 229 g/mol. The van der Waals surface area contributed by atoms with Gasteiger partial charge in [-0.25, -0.2) is 0 Å². The second kappa shape index (κ2) is 5.84. The van der Waals surface area contributed by atoms with Crippen molar-refractivity contribution in [3.8, 4) is 0 Å². The summed E-state index contributed by atoms with van der Waals surface area (Å²) in [5.41, 5.74) is 0. The number of rotatable bonds is 5. The van der Waals surface area contributed by atoms with Gasteiger partial charge in [-0.3, -0.25) is 9.59 Å². The smallest absolute Gasteiger partial charge is 0.307 e. The molecule has 3 atom stereocenters. The fourth-order valence-electron chi connectivity index (χ4n) is 2.15. The Balaban J connectivity index is 2.56. The van der Waals surface area contributed by atoms with Crippen LogP contribution in [0, 0.1) is 11.8 Å². The zero-order valence-electron chi connectivity index (χ0n) is 9.48. The van der Waals surface area contributed by atoms with Crippen molar-refractivity contribution < 1.29 is 19.8 Å². The Hall–Kier alpha value is -1.10. The molecule has 1 aliphatic rings. The van der Waals surface area contributed by atoms with Crippen LogP contribution < -0.4 is 5.32 Å². The quantitative estimate of drug-likeness (QED) is 0.636. The lowest BCUT2D eigenvalue weighted by Gasteiger charge is -2.19. The Kier molecular flexibility index (Phi) is 4.73. The van der Waals surface area contributed by atoms with Crippen LogP contribution in [0.1, 0.15) is 32.6 Å². The zero-order chi connectivity index (χ0) is 12.1. The molecule has 1 amide bonds. The van der Waals surface area contributed by atoms with E-state index in [1.54, 1.807) is 0 Å². The summed E-state index contributed by atoms with van der Waals surface area (Å²) in [6, 6.07) is -0.262. The molecule has 0 aromatic rings. The molecule has 5 heteroatoms. The molecule has 0 bridgehead atoms. The van der Waals surface area contributed by atoms with Gasteiger partial charge in [0, 0.05) is 0 Å². The first kappa shape index (κ1) is 13.0. The van der Waals surface area contributed by atoms with Crippen LogP contribution in [0.15, 0.2) is 0 Å². The highest BCUT2D eigenvalue weighted by molar-refractivity contribution is 5.85. The Bertz CT molecular complexity index is 263. The summed E-state index contributed by atoms with van der Waals surface area (Å²) in [5.74, 6) is -2.12. The van der Waals surface area contributed by atoms with E-state index in [0.29, 0.717) is 19.3 Å². The number of aliphatic carboxylic acids is 1. The van der Waals surface area contributed by atoms with Crippen LogP contribution in [0.4, 0.5) is 0 Å². The van der Waals surface area contributed by atoms with Gasteiger partial charge in [0.2, 0.25) is 5.91 Å². The van der Waals surface area contributed by atoms with Crippen LogP contribution in [-0.2, 0) is 9.59 Å². The van der Waals surface area contributed by atoms with Gasteiger partial charge < -0.3 is 15.5 Å². The van der Waals surface area contributed by atoms with Crippen LogP contribution in [0.5, 0.6) is 0 Å². The van der Waals surface area contributed by atoms with Crippen molar-refractivity contribution in [2.45, 2.75) is 38.6 Å². The van der Waals surface area contributed by atoms with E-state index >= 15 is 0 Å². The van der Waals surface area contributed by atoms with Gasteiger partial charge in [0.15, 0.2) is 0 Å². The number of nitrogens with one attached hydrogen (secondary N) is 1. The summed E-state index contributed by atoms with van der Waals surface area (Å²) in [7, 11) is 0. The van der Waals surface area contributed by atoms with E-state index in [2.05, 4.69) is 5.32 Å². The third-order valence-corrected chi connectivity index (χ3v) is 3.23. The monoisotopic (exact) mass is 229 g/mol. The SMILES string of the molecule is CC[C@H](CO)NC(=O)[C@@H]1CCC[C@@H]1C(=O)O. The molecule has 1 fully saturated rings. The third-order valence-electron chi connectivity index (χ3n) is 3.23. The topological polar surface area (TPSA) is 86.6 Å². The fraction of sp³-hybridized carbons (Fsp3) is 0.818. The predicted molar refractivity (Wildman–Crippen MR) is 57.8 cm³/mol. The largest absolute Gasteiger partial charge is 0.481 e. The first-order valence-electron chi connectivity index (χ1n) is 5.74. The van der Waals surface area contributed by atoms with E-state index in [1.165, 1.54) is 0 Å². The lowest BCUT2D eigenvalue weighted by molar-refractivity contribution is -0.146. The summed E-state index contributed by atoms with van der Waals surface area (Å²) in [6.07, 6.45) is 2.63. The minimum Gasteiger partial charge on any atom is -0.481 e. The van der Waals surface area contributed by atoms with Crippen LogP contribution >= 0.6 is 0 Å². The maximum atomic E-state index is 11.8. The highest BCUT2D eigenvalue weighted by Crippen LogP contribution is 2.32. The molecule has 0 aliphatic heterocycles. The summed E-state index contributed by atoms with van der Waals surface area (Å²) < 4.78 is 0. The Labute approximate surface area is 94.8 Å². The minimum atomic E-state index is -0.894.